The average Bonchev–Trinajstić information content (AvgIpc) is 2.09. The summed E-state index contributed by atoms with van der Waals surface area (Å²) in [5, 5.41) is 0. The van der Waals surface area contributed by atoms with Gasteiger partial charge in [0.15, 0.2) is 0 Å². The van der Waals surface area contributed by atoms with Crippen molar-refractivity contribution in [1.29, 1.82) is 0 Å². The van der Waals surface area contributed by atoms with Crippen molar-refractivity contribution >= 4 is 30.4 Å². The second-order valence-corrected chi connectivity index (χ2v) is 8.10. The second-order valence-electron chi connectivity index (χ2n) is 4.84. The van der Waals surface area contributed by atoms with E-state index in [-0.39, 0.29) is 14.8 Å². The Kier molecular flexibility index (Phi) is 5.05. The minimum absolute atomic E-state index is 0.00464. The molecule has 0 heterocycles. The highest BCUT2D eigenvalue weighted by Crippen LogP contribution is 2.52. The summed E-state index contributed by atoms with van der Waals surface area (Å²) < 4.78 is 5.31. The van der Waals surface area contributed by atoms with E-state index >= 15 is 0 Å². The first-order valence-electron chi connectivity index (χ1n) is 5.95. The Labute approximate surface area is 108 Å². The molecule has 1 rings (SSSR count). The lowest BCUT2D eigenvalue weighted by Gasteiger charge is -2.45. The largest absolute Gasteiger partial charge is 0.464 e. The van der Waals surface area contributed by atoms with Crippen LogP contribution in [0, 0.1) is 0 Å². The molecule has 2 nitrogen and oxygen atoms in total. The molecule has 1 atom stereocenters. The fourth-order valence-electron chi connectivity index (χ4n) is 2.06. The zero-order valence-electron chi connectivity index (χ0n) is 10.4. The number of hydrogen-bond acceptors (Lipinski definition) is 4. The normalized spacial score (nSPS) is 22.0. The number of carbonyl (C=O) groups excluding carboxylic acids is 1. The molecular weight excluding hydrogens is 240 g/mol. The van der Waals surface area contributed by atoms with Gasteiger partial charge in [0.1, 0.15) is 6.61 Å². The van der Waals surface area contributed by atoms with Gasteiger partial charge in [-0.3, -0.25) is 4.79 Å². The van der Waals surface area contributed by atoms with E-state index in [4.69, 9.17) is 17.4 Å². The number of rotatable bonds is 6. The second kappa shape index (κ2) is 5.67. The minimum Gasteiger partial charge on any atom is -0.464 e. The smallest absolute Gasteiger partial charge is 0.302 e. The molecule has 0 amide bonds. The van der Waals surface area contributed by atoms with E-state index in [0.29, 0.717) is 6.61 Å². The predicted molar refractivity (Wildman–Crippen MR) is 73.1 cm³/mol. The first-order valence-corrected chi connectivity index (χ1v) is 7.21. The number of ether oxygens (including phenoxy) is 1. The first-order chi connectivity index (χ1) is 7.39. The summed E-state index contributed by atoms with van der Waals surface area (Å²) >= 11 is 6.60. The Morgan fingerprint density at radius 3 is 2.56 bits per heavy atom. The monoisotopic (exact) mass is 262 g/mol. The zero-order chi connectivity index (χ0) is 12.2. The van der Waals surface area contributed by atoms with Gasteiger partial charge in [0, 0.05) is 6.92 Å². The highest BCUT2D eigenvalue weighted by atomic mass is 32.2. The maximum absolute atomic E-state index is 10.9. The number of esters is 1. The van der Waals surface area contributed by atoms with Crippen LogP contribution < -0.4 is 0 Å². The molecule has 16 heavy (non-hydrogen) atoms. The predicted octanol–water partition coefficient (Wildman–Crippen LogP) is 3.65. The van der Waals surface area contributed by atoms with Gasteiger partial charge in [-0.25, -0.2) is 0 Å². The number of thioether (sulfide) groups is 1. The molecule has 0 bridgehead atoms. The standard InChI is InChI=1S/C12H22O2S2/c1-4-6-11(3,15)16-12(7-5-8-12)9-14-10(2)13/h15H,4-9H2,1-3H3. The van der Waals surface area contributed by atoms with E-state index in [9.17, 15) is 4.79 Å². The maximum Gasteiger partial charge on any atom is 0.302 e. The molecule has 0 N–H and O–H groups in total. The van der Waals surface area contributed by atoms with Crippen molar-refractivity contribution in [3.05, 3.63) is 0 Å². The van der Waals surface area contributed by atoms with Gasteiger partial charge in [0.2, 0.25) is 0 Å². The van der Waals surface area contributed by atoms with Gasteiger partial charge in [0.25, 0.3) is 0 Å². The van der Waals surface area contributed by atoms with Gasteiger partial charge in [-0.15, -0.1) is 11.8 Å². The molecule has 0 saturated heterocycles. The van der Waals surface area contributed by atoms with E-state index < -0.39 is 0 Å². The Morgan fingerprint density at radius 1 is 1.56 bits per heavy atom. The van der Waals surface area contributed by atoms with Crippen LogP contribution in [-0.4, -0.2) is 21.4 Å². The molecule has 1 aliphatic rings. The molecule has 1 unspecified atom stereocenters. The highest BCUT2D eigenvalue weighted by molar-refractivity contribution is 8.12. The summed E-state index contributed by atoms with van der Waals surface area (Å²) in [5.41, 5.74) is 0. The van der Waals surface area contributed by atoms with Crippen molar-refractivity contribution in [2.24, 2.45) is 0 Å². The molecule has 94 valence electrons. The third-order valence-corrected chi connectivity index (χ3v) is 5.05. The van der Waals surface area contributed by atoms with Crippen molar-refractivity contribution in [1.82, 2.24) is 0 Å². The number of thiol groups is 1. The lowest BCUT2D eigenvalue weighted by atomic mass is 9.85. The van der Waals surface area contributed by atoms with E-state index in [1.165, 1.54) is 13.3 Å². The molecule has 0 aromatic heterocycles. The summed E-state index contributed by atoms with van der Waals surface area (Å²) in [5.74, 6) is -0.178. The Hall–Kier alpha value is 0.170. The van der Waals surface area contributed by atoms with E-state index in [0.717, 1.165) is 25.7 Å². The first kappa shape index (κ1) is 14.2. The lowest BCUT2D eigenvalue weighted by molar-refractivity contribution is -0.142. The van der Waals surface area contributed by atoms with Crippen LogP contribution in [0.4, 0.5) is 0 Å². The molecule has 1 saturated carbocycles. The van der Waals surface area contributed by atoms with Crippen LogP contribution in [0.5, 0.6) is 0 Å². The molecule has 1 aliphatic carbocycles. The van der Waals surface area contributed by atoms with Crippen molar-refractivity contribution in [3.63, 3.8) is 0 Å². The van der Waals surface area contributed by atoms with E-state index in [1.807, 2.05) is 11.8 Å². The zero-order valence-corrected chi connectivity index (χ0v) is 12.1. The van der Waals surface area contributed by atoms with Crippen LogP contribution in [0.15, 0.2) is 0 Å². The molecular formula is C12H22O2S2. The third kappa shape index (κ3) is 4.21. The number of carbonyl (C=O) groups is 1. The summed E-state index contributed by atoms with van der Waals surface area (Å²) in [7, 11) is 0. The lowest BCUT2D eigenvalue weighted by Crippen LogP contribution is -2.42. The van der Waals surface area contributed by atoms with Gasteiger partial charge in [0.05, 0.1) is 8.83 Å². The van der Waals surface area contributed by atoms with Crippen molar-refractivity contribution in [2.75, 3.05) is 6.61 Å². The maximum atomic E-state index is 10.9. The van der Waals surface area contributed by atoms with Crippen molar-refractivity contribution in [2.45, 2.75) is 61.7 Å². The summed E-state index contributed by atoms with van der Waals surface area (Å²) in [4.78, 5) is 10.9. The molecule has 0 aromatic rings. The average molecular weight is 262 g/mol. The molecule has 0 aliphatic heterocycles. The minimum atomic E-state index is -0.178. The molecule has 0 aromatic carbocycles. The molecule has 4 heteroatoms. The van der Waals surface area contributed by atoms with Crippen LogP contribution in [0.25, 0.3) is 0 Å². The molecule has 0 spiro atoms. The van der Waals surface area contributed by atoms with Crippen molar-refractivity contribution in [3.8, 4) is 0 Å². The molecule has 0 radical (unpaired) electrons. The Morgan fingerprint density at radius 2 is 2.19 bits per heavy atom. The fraction of sp³-hybridized carbons (Fsp3) is 0.917. The van der Waals surface area contributed by atoms with Gasteiger partial charge >= 0.3 is 5.97 Å². The Bertz CT molecular complexity index is 247. The topological polar surface area (TPSA) is 26.3 Å². The van der Waals surface area contributed by atoms with E-state index in [2.05, 4.69) is 13.8 Å². The van der Waals surface area contributed by atoms with Gasteiger partial charge in [-0.1, -0.05) is 19.8 Å². The van der Waals surface area contributed by atoms with Crippen LogP contribution >= 0.6 is 24.4 Å². The van der Waals surface area contributed by atoms with Gasteiger partial charge in [-0.05, 0) is 26.2 Å². The quantitative estimate of drug-likeness (QED) is 0.449. The number of hydrogen-bond donors (Lipinski definition) is 1. The summed E-state index contributed by atoms with van der Waals surface area (Å²) in [6.07, 6.45) is 5.75. The van der Waals surface area contributed by atoms with Gasteiger partial charge < -0.3 is 4.74 Å². The Balaban J connectivity index is 2.49. The SMILES string of the molecule is CCCC(C)(S)SC1(COC(C)=O)CCC1. The van der Waals surface area contributed by atoms with Crippen LogP contribution in [0.2, 0.25) is 0 Å². The van der Waals surface area contributed by atoms with Crippen molar-refractivity contribution < 1.29 is 9.53 Å². The van der Waals surface area contributed by atoms with Gasteiger partial charge in [-0.2, -0.15) is 12.6 Å². The van der Waals surface area contributed by atoms with Crippen LogP contribution in [0.1, 0.15) is 52.9 Å². The highest BCUT2D eigenvalue weighted by Gasteiger charge is 2.43. The van der Waals surface area contributed by atoms with Crippen LogP contribution in [-0.2, 0) is 9.53 Å². The third-order valence-electron chi connectivity index (χ3n) is 2.95. The van der Waals surface area contributed by atoms with E-state index in [1.54, 1.807) is 0 Å². The van der Waals surface area contributed by atoms with Crippen LogP contribution in [0.3, 0.4) is 0 Å². The summed E-state index contributed by atoms with van der Waals surface area (Å²) in [6.45, 7) is 6.36. The molecule has 1 fully saturated rings. The fourth-order valence-corrected chi connectivity index (χ4v) is 4.72. The summed E-state index contributed by atoms with van der Waals surface area (Å²) in [6, 6.07) is 0.